The number of carbonyl (C=O) groups excluding carboxylic acids is 2. The van der Waals surface area contributed by atoms with Crippen LogP contribution in [0.15, 0.2) is 6.33 Å². The van der Waals surface area contributed by atoms with Crippen molar-refractivity contribution in [3.63, 3.8) is 0 Å². The number of hydrogen-bond donors (Lipinski definition) is 2. The second-order valence-corrected chi connectivity index (χ2v) is 13.2. The molecule has 1 aromatic rings. The number of aromatic nitrogens is 2. The third-order valence-electron chi connectivity index (χ3n) is 9.35. The van der Waals surface area contributed by atoms with E-state index in [-0.39, 0.29) is 23.8 Å². The maximum absolute atomic E-state index is 12.6. The lowest BCUT2D eigenvalue weighted by molar-refractivity contribution is -0.147. The number of aryl methyl sites for hydroxylation is 1. The number of rotatable bonds is 25. The van der Waals surface area contributed by atoms with Gasteiger partial charge < -0.3 is 19.7 Å². The van der Waals surface area contributed by atoms with Gasteiger partial charge in [0.05, 0.1) is 6.33 Å². The number of nitrogens with one attached hydrogen (secondary N) is 1. The first kappa shape index (κ1) is 38.3. The van der Waals surface area contributed by atoms with Crippen LogP contribution in [0, 0.1) is 5.92 Å². The molecule has 2 unspecified atom stereocenters. The summed E-state index contributed by atoms with van der Waals surface area (Å²) in [5.74, 6) is 0.499. The van der Waals surface area contributed by atoms with Crippen LogP contribution in [-0.4, -0.2) is 63.3 Å². The molecule has 8 heteroatoms. The Morgan fingerprint density at radius 2 is 1.57 bits per heavy atom. The number of unbranched alkanes of at least 4 members (excludes halogenated alkanes) is 15. The molecule has 0 spiro atoms. The number of fused-ring (bicyclic) bond motifs is 1. The van der Waals surface area contributed by atoms with Gasteiger partial charge >= 0.3 is 5.97 Å². The van der Waals surface area contributed by atoms with E-state index in [4.69, 9.17) is 4.74 Å². The third kappa shape index (κ3) is 15.9. The van der Waals surface area contributed by atoms with E-state index in [1.807, 2.05) is 7.05 Å². The molecule has 0 fully saturated rings. The van der Waals surface area contributed by atoms with Crippen LogP contribution >= 0.6 is 0 Å². The summed E-state index contributed by atoms with van der Waals surface area (Å²) in [5.41, 5.74) is 0.564. The molecule has 0 saturated heterocycles. The van der Waals surface area contributed by atoms with Crippen LogP contribution < -0.4 is 5.32 Å². The maximum Gasteiger partial charge on any atom is 0.302 e. The van der Waals surface area contributed by atoms with Gasteiger partial charge in [0.2, 0.25) is 0 Å². The molecule has 1 aliphatic heterocycles. The number of ketones is 1. The number of likely N-dealkylation sites (N-methyl/N-ethyl adjacent to an activating group) is 1. The molecule has 254 valence electrons. The predicted octanol–water partition coefficient (Wildman–Crippen LogP) is 8.43. The molecule has 0 saturated carbocycles. The number of aliphatic hydroxyl groups is 1. The zero-order valence-corrected chi connectivity index (χ0v) is 28.8. The molecule has 1 aliphatic rings. The van der Waals surface area contributed by atoms with Gasteiger partial charge in [-0.1, -0.05) is 110 Å². The summed E-state index contributed by atoms with van der Waals surface area (Å²) in [6.07, 6.45) is 25.6. The lowest BCUT2D eigenvalue weighted by atomic mass is 9.91. The topological polar surface area (TPSA) is 96.7 Å². The molecule has 2 heterocycles. The second-order valence-electron chi connectivity index (χ2n) is 13.2. The van der Waals surface area contributed by atoms with Gasteiger partial charge in [-0.3, -0.25) is 14.5 Å². The van der Waals surface area contributed by atoms with Crippen molar-refractivity contribution in [2.75, 3.05) is 25.0 Å². The Morgan fingerprint density at radius 1 is 0.977 bits per heavy atom. The van der Waals surface area contributed by atoms with Crippen LogP contribution in [0.1, 0.15) is 166 Å². The van der Waals surface area contributed by atoms with E-state index >= 15 is 0 Å². The van der Waals surface area contributed by atoms with Crippen molar-refractivity contribution in [3.8, 4) is 0 Å². The number of anilines is 1. The Kier molecular flexibility index (Phi) is 20.4. The van der Waals surface area contributed by atoms with E-state index in [0.717, 1.165) is 51.7 Å². The lowest BCUT2D eigenvalue weighted by Gasteiger charge is -2.26. The fourth-order valence-electron chi connectivity index (χ4n) is 6.59. The van der Waals surface area contributed by atoms with Crippen LogP contribution in [0.25, 0.3) is 0 Å². The zero-order chi connectivity index (χ0) is 32.0. The average molecular weight is 619 g/mol. The first-order valence-electron chi connectivity index (χ1n) is 18.2. The van der Waals surface area contributed by atoms with Gasteiger partial charge in [0.15, 0.2) is 11.6 Å². The summed E-state index contributed by atoms with van der Waals surface area (Å²) >= 11 is 0. The van der Waals surface area contributed by atoms with Crippen molar-refractivity contribution >= 4 is 17.6 Å². The number of aliphatic hydroxyl groups excluding tert-OH is 1. The molecule has 44 heavy (non-hydrogen) atoms. The van der Waals surface area contributed by atoms with Crippen molar-refractivity contribution in [2.45, 2.75) is 168 Å². The molecule has 2 rings (SSSR count). The summed E-state index contributed by atoms with van der Waals surface area (Å²) in [6.45, 7) is 8.97. The van der Waals surface area contributed by atoms with Crippen LogP contribution in [0.5, 0.6) is 0 Å². The monoisotopic (exact) mass is 619 g/mol. The Balaban J connectivity index is 1.54. The quantitative estimate of drug-likeness (QED) is 0.0838. The summed E-state index contributed by atoms with van der Waals surface area (Å²) in [4.78, 5) is 31.0. The van der Waals surface area contributed by atoms with E-state index in [9.17, 15) is 14.7 Å². The fraction of sp³-hybridized carbons (Fsp3) is 0.861. The normalized spacial score (nSPS) is 17.6. The summed E-state index contributed by atoms with van der Waals surface area (Å²) in [5, 5.41) is 13.8. The minimum Gasteiger partial charge on any atom is -0.461 e. The van der Waals surface area contributed by atoms with Crippen LogP contribution in [0.2, 0.25) is 0 Å². The number of carbonyl (C=O) groups is 2. The van der Waals surface area contributed by atoms with Gasteiger partial charge in [0.25, 0.3) is 0 Å². The van der Waals surface area contributed by atoms with Crippen molar-refractivity contribution in [1.29, 1.82) is 0 Å². The minimum absolute atomic E-state index is 0.00608. The number of Topliss-reactive ketones (excluding diaryl/α,β-unsaturated/α-hetero) is 1. The Labute approximate surface area is 269 Å². The molecule has 0 aromatic carbocycles. The highest BCUT2D eigenvalue weighted by Gasteiger charge is 2.28. The number of hydrogen-bond acceptors (Lipinski definition) is 7. The van der Waals surface area contributed by atoms with Crippen LogP contribution in [0.3, 0.4) is 0 Å². The molecule has 0 aliphatic carbocycles. The number of imidazole rings is 1. The van der Waals surface area contributed by atoms with E-state index in [2.05, 4.69) is 29.0 Å². The highest BCUT2D eigenvalue weighted by atomic mass is 16.5. The molecule has 1 aromatic heterocycles. The number of nitrogens with zero attached hydrogens (tertiary/aromatic N) is 3. The van der Waals surface area contributed by atoms with Gasteiger partial charge in [-0.25, -0.2) is 4.98 Å². The van der Waals surface area contributed by atoms with E-state index in [1.54, 1.807) is 10.9 Å². The summed E-state index contributed by atoms with van der Waals surface area (Å²) in [6, 6.07) is 0. The summed E-state index contributed by atoms with van der Waals surface area (Å²) in [7, 11) is 1.81. The molecule has 0 bridgehead atoms. The SMILES string of the molecule is CCCCCCCCCCCCN(CC)CC(CCCCCCCCC[C@@H]1CCC(=O)c2c(ncn2C)NC1O)OC(C)=O. The van der Waals surface area contributed by atoms with Gasteiger partial charge in [0, 0.05) is 32.9 Å². The molecule has 8 nitrogen and oxygen atoms in total. The van der Waals surface area contributed by atoms with E-state index in [0.29, 0.717) is 24.4 Å². The first-order valence-corrected chi connectivity index (χ1v) is 18.2. The molecule has 3 atom stereocenters. The molecule has 0 radical (unpaired) electrons. The highest BCUT2D eigenvalue weighted by Crippen LogP contribution is 2.27. The van der Waals surface area contributed by atoms with Crippen molar-refractivity contribution in [2.24, 2.45) is 13.0 Å². The van der Waals surface area contributed by atoms with Gasteiger partial charge in [0.1, 0.15) is 18.0 Å². The van der Waals surface area contributed by atoms with Crippen molar-refractivity contribution in [1.82, 2.24) is 14.5 Å². The zero-order valence-electron chi connectivity index (χ0n) is 28.8. The Bertz CT molecular complexity index is 905. The lowest BCUT2D eigenvalue weighted by Crippen LogP contribution is -2.35. The van der Waals surface area contributed by atoms with Gasteiger partial charge in [-0.05, 0) is 45.2 Å². The van der Waals surface area contributed by atoms with Crippen molar-refractivity contribution in [3.05, 3.63) is 12.0 Å². The molecule has 0 amide bonds. The second kappa shape index (κ2) is 23.4. The average Bonchev–Trinajstić information content (AvgIpc) is 3.35. The number of ether oxygens (including phenoxy) is 1. The number of esters is 1. The van der Waals surface area contributed by atoms with Gasteiger partial charge in [-0.15, -0.1) is 0 Å². The Hall–Kier alpha value is -1.93. The molecule has 2 N–H and O–H groups in total. The largest absolute Gasteiger partial charge is 0.461 e. The minimum atomic E-state index is -0.666. The maximum atomic E-state index is 12.6. The molecular formula is C36H66N4O4. The van der Waals surface area contributed by atoms with Crippen molar-refractivity contribution < 1.29 is 19.4 Å². The molecular weight excluding hydrogens is 552 g/mol. The highest BCUT2D eigenvalue weighted by molar-refractivity contribution is 5.99. The Morgan fingerprint density at radius 3 is 2.18 bits per heavy atom. The van der Waals surface area contributed by atoms with Crippen LogP contribution in [0.4, 0.5) is 5.82 Å². The van der Waals surface area contributed by atoms with Crippen LogP contribution in [-0.2, 0) is 16.6 Å². The first-order chi connectivity index (χ1) is 21.3. The van der Waals surface area contributed by atoms with Gasteiger partial charge in [-0.2, -0.15) is 0 Å². The standard InChI is InChI=1S/C36H66N4O4/c1-5-7-8-9-10-11-12-16-19-22-27-40(6-2)28-32(44-30(3)41)24-21-18-15-13-14-17-20-23-31-25-26-33(42)34-35(38-36(31)43)37-29-39(34)4/h29,31-32,36,38,43H,5-28H2,1-4H3/t31-,32?,36?/m1/s1. The fourth-order valence-corrected chi connectivity index (χ4v) is 6.59. The smallest absolute Gasteiger partial charge is 0.302 e. The summed E-state index contributed by atoms with van der Waals surface area (Å²) < 4.78 is 7.45. The third-order valence-corrected chi connectivity index (χ3v) is 9.35. The van der Waals surface area contributed by atoms with E-state index in [1.165, 1.54) is 96.8 Å². The van der Waals surface area contributed by atoms with E-state index < -0.39 is 6.23 Å². The predicted molar refractivity (Wildman–Crippen MR) is 181 cm³/mol.